The predicted octanol–water partition coefficient (Wildman–Crippen LogP) is 1.07. The molecule has 1 atom stereocenters. The third-order valence-corrected chi connectivity index (χ3v) is 4.26. The zero-order valence-corrected chi connectivity index (χ0v) is 12.6. The monoisotopic (exact) mass is 310 g/mol. The Morgan fingerprint density at radius 3 is 3.00 bits per heavy atom. The number of nitrogens with zero attached hydrogens (tertiary/aromatic N) is 6. The van der Waals surface area contributed by atoms with Gasteiger partial charge in [-0.1, -0.05) is 0 Å². The van der Waals surface area contributed by atoms with E-state index >= 15 is 0 Å². The highest BCUT2D eigenvalue weighted by atomic mass is 15.2. The maximum atomic E-state index is 5.79. The number of aromatic nitrogens is 5. The third-order valence-electron chi connectivity index (χ3n) is 4.26. The van der Waals surface area contributed by atoms with E-state index in [0.717, 1.165) is 37.4 Å². The lowest BCUT2D eigenvalue weighted by Gasteiger charge is -2.33. The molecule has 1 fully saturated rings. The van der Waals surface area contributed by atoms with Crippen LogP contribution in [0.4, 0.5) is 17.6 Å². The van der Waals surface area contributed by atoms with Gasteiger partial charge in [0.15, 0.2) is 0 Å². The molecule has 0 saturated carbocycles. The van der Waals surface area contributed by atoms with Crippen LogP contribution in [0, 0.1) is 0 Å². The number of fused-ring (bicyclic) bond motifs is 1. The standard InChI is InChI=1S/C15H18N8/c16-12-6-14(21-15(17)20-12)22-5-1-2-10(8-22)11-7-19-13-3-4-18-9-23(11)13/h3-4,6-7,9-10H,1-2,5,8H2,(H4,16,17,20,21). The van der Waals surface area contributed by atoms with Crippen molar-refractivity contribution in [3.05, 3.63) is 36.5 Å². The van der Waals surface area contributed by atoms with E-state index in [4.69, 9.17) is 11.5 Å². The second-order valence-electron chi connectivity index (χ2n) is 5.79. The van der Waals surface area contributed by atoms with Crippen LogP contribution in [-0.2, 0) is 0 Å². The molecule has 4 N–H and O–H groups in total. The summed E-state index contributed by atoms with van der Waals surface area (Å²) < 4.78 is 2.05. The zero-order chi connectivity index (χ0) is 15.8. The molecule has 0 radical (unpaired) electrons. The third kappa shape index (κ3) is 2.52. The van der Waals surface area contributed by atoms with Gasteiger partial charge in [-0.25, -0.2) is 9.97 Å². The van der Waals surface area contributed by atoms with E-state index in [1.807, 2.05) is 18.6 Å². The molecule has 1 saturated heterocycles. The SMILES string of the molecule is Nc1cc(N2CCCC(c3cnc4ccncn34)C2)nc(N)n1. The van der Waals surface area contributed by atoms with Crippen molar-refractivity contribution in [3.8, 4) is 0 Å². The lowest BCUT2D eigenvalue weighted by atomic mass is 9.95. The number of rotatable bonds is 2. The lowest BCUT2D eigenvalue weighted by Crippen LogP contribution is -2.35. The Hall–Kier alpha value is -2.90. The highest BCUT2D eigenvalue weighted by molar-refractivity contribution is 5.51. The van der Waals surface area contributed by atoms with Crippen LogP contribution >= 0.6 is 0 Å². The maximum absolute atomic E-state index is 5.79. The molecule has 0 amide bonds. The van der Waals surface area contributed by atoms with Crippen molar-refractivity contribution in [2.75, 3.05) is 29.5 Å². The lowest BCUT2D eigenvalue weighted by molar-refractivity contribution is 0.496. The fourth-order valence-corrected chi connectivity index (χ4v) is 3.22. The zero-order valence-electron chi connectivity index (χ0n) is 12.6. The van der Waals surface area contributed by atoms with Gasteiger partial charge < -0.3 is 16.4 Å². The quantitative estimate of drug-likeness (QED) is 0.728. The molecule has 23 heavy (non-hydrogen) atoms. The van der Waals surface area contributed by atoms with Crippen molar-refractivity contribution in [2.24, 2.45) is 0 Å². The summed E-state index contributed by atoms with van der Waals surface area (Å²) in [7, 11) is 0. The molecule has 0 spiro atoms. The average molecular weight is 310 g/mol. The molecule has 8 nitrogen and oxygen atoms in total. The summed E-state index contributed by atoms with van der Waals surface area (Å²) in [5.41, 5.74) is 13.6. The van der Waals surface area contributed by atoms with Gasteiger partial charge in [0.05, 0.1) is 0 Å². The first-order chi connectivity index (χ1) is 11.2. The van der Waals surface area contributed by atoms with E-state index in [0.29, 0.717) is 11.7 Å². The van der Waals surface area contributed by atoms with Crippen LogP contribution in [0.2, 0.25) is 0 Å². The molecule has 0 aliphatic carbocycles. The Bertz CT molecular complexity index is 822. The summed E-state index contributed by atoms with van der Waals surface area (Å²) in [6.07, 6.45) is 7.69. The maximum Gasteiger partial charge on any atom is 0.223 e. The minimum Gasteiger partial charge on any atom is -0.383 e. The molecule has 1 aliphatic heterocycles. The van der Waals surface area contributed by atoms with Gasteiger partial charge in [0.25, 0.3) is 0 Å². The van der Waals surface area contributed by atoms with Crippen LogP contribution < -0.4 is 16.4 Å². The van der Waals surface area contributed by atoms with E-state index < -0.39 is 0 Å². The first kappa shape index (κ1) is 13.7. The fraction of sp³-hybridized carbons (Fsp3) is 0.333. The highest BCUT2D eigenvalue weighted by Crippen LogP contribution is 2.30. The van der Waals surface area contributed by atoms with Crippen LogP contribution in [0.25, 0.3) is 5.65 Å². The molecule has 0 aromatic carbocycles. The summed E-state index contributed by atoms with van der Waals surface area (Å²) in [6.45, 7) is 1.78. The van der Waals surface area contributed by atoms with E-state index in [2.05, 4.69) is 29.2 Å². The highest BCUT2D eigenvalue weighted by Gasteiger charge is 2.25. The molecule has 0 bridgehead atoms. The number of hydrogen-bond donors (Lipinski definition) is 2. The normalized spacial score (nSPS) is 18.4. The van der Waals surface area contributed by atoms with Crippen molar-refractivity contribution < 1.29 is 0 Å². The average Bonchev–Trinajstić information content (AvgIpc) is 2.98. The molecule has 3 aromatic rings. The summed E-state index contributed by atoms with van der Waals surface area (Å²) in [5.74, 6) is 1.75. The van der Waals surface area contributed by atoms with Gasteiger partial charge in [0, 0.05) is 43.2 Å². The summed E-state index contributed by atoms with van der Waals surface area (Å²) in [6, 6.07) is 3.69. The van der Waals surface area contributed by atoms with Crippen molar-refractivity contribution in [1.29, 1.82) is 0 Å². The number of anilines is 3. The summed E-state index contributed by atoms with van der Waals surface area (Å²) in [4.78, 5) is 19.1. The largest absolute Gasteiger partial charge is 0.383 e. The molecule has 1 unspecified atom stereocenters. The fourth-order valence-electron chi connectivity index (χ4n) is 3.22. The van der Waals surface area contributed by atoms with Crippen molar-refractivity contribution in [2.45, 2.75) is 18.8 Å². The van der Waals surface area contributed by atoms with Crippen molar-refractivity contribution in [1.82, 2.24) is 24.3 Å². The van der Waals surface area contributed by atoms with Crippen LogP contribution in [-0.4, -0.2) is 37.4 Å². The van der Waals surface area contributed by atoms with Gasteiger partial charge in [-0.15, -0.1) is 0 Å². The van der Waals surface area contributed by atoms with Crippen LogP contribution in [0.5, 0.6) is 0 Å². The number of nitrogens with two attached hydrogens (primary N) is 2. The van der Waals surface area contributed by atoms with E-state index in [1.54, 1.807) is 12.3 Å². The van der Waals surface area contributed by atoms with E-state index in [1.165, 1.54) is 5.69 Å². The molecule has 3 aromatic heterocycles. The number of hydrogen-bond acceptors (Lipinski definition) is 7. The van der Waals surface area contributed by atoms with Gasteiger partial charge in [-0.05, 0) is 18.9 Å². The van der Waals surface area contributed by atoms with E-state index in [9.17, 15) is 0 Å². The number of imidazole rings is 1. The van der Waals surface area contributed by atoms with Gasteiger partial charge in [0.2, 0.25) is 5.95 Å². The van der Waals surface area contributed by atoms with Gasteiger partial charge in [-0.2, -0.15) is 9.97 Å². The van der Waals surface area contributed by atoms with Crippen LogP contribution in [0.3, 0.4) is 0 Å². The Morgan fingerprint density at radius 2 is 2.13 bits per heavy atom. The van der Waals surface area contributed by atoms with Gasteiger partial charge in [0.1, 0.15) is 23.6 Å². The minimum atomic E-state index is 0.209. The minimum absolute atomic E-state index is 0.209. The smallest absolute Gasteiger partial charge is 0.223 e. The molecule has 1 aliphatic rings. The Morgan fingerprint density at radius 1 is 1.22 bits per heavy atom. The van der Waals surface area contributed by atoms with Gasteiger partial charge >= 0.3 is 0 Å². The molecule has 4 rings (SSSR count). The molecule has 118 valence electrons. The van der Waals surface area contributed by atoms with Crippen molar-refractivity contribution >= 4 is 23.2 Å². The summed E-state index contributed by atoms with van der Waals surface area (Å²) >= 11 is 0. The Labute approximate surface area is 133 Å². The molecular weight excluding hydrogens is 292 g/mol. The Balaban J connectivity index is 1.64. The van der Waals surface area contributed by atoms with Crippen LogP contribution in [0.15, 0.2) is 30.9 Å². The second-order valence-corrected chi connectivity index (χ2v) is 5.79. The van der Waals surface area contributed by atoms with Crippen LogP contribution in [0.1, 0.15) is 24.5 Å². The predicted molar refractivity (Wildman–Crippen MR) is 88.0 cm³/mol. The van der Waals surface area contributed by atoms with Gasteiger partial charge in [-0.3, -0.25) is 4.40 Å². The molecule has 8 heteroatoms. The number of nitrogen functional groups attached to an aromatic ring is 2. The first-order valence-electron chi connectivity index (χ1n) is 7.62. The van der Waals surface area contributed by atoms with Crippen molar-refractivity contribution in [3.63, 3.8) is 0 Å². The summed E-state index contributed by atoms with van der Waals surface area (Å²) in [5, 5.41) is 0. The number of piperidine rings is 1. The van der Waals surface area contributed by atoms with E-state index in [-0.39, 0.29) is 5.95 Å². The molecule has 4 heterocycles. The molecular formula is C15H18N8. The Kier molecular flexibility index (Phi) is 3.22. The second kappa shape index (κ2) is 5.38. The first-order valence-corrected chi connectivity index (χ1v) is 7.62. The topological polar surface area (TPSA) is 111 Å².